The highest BCUT2D eigenvalue weighted by Gasteiger charge is 2.37. The number of carbonyl (C=O) groups is 2. The van der Waals surface area contributed by atoms with Crippen molar-refractivity contribution in [2.75, 3.05) is 5.73 Å². The molecule has 2 amide bonds. The Labute approximate surface area is 121 Å². The molecule has 0 aromatic heterocycles. The average Bonchev–Trinajstić information content (AvgIpc) is 2.68. The van der Waals surface area contributed by atoms with Crippen molar-refractivity contribution in [1.29, 1.82) is 0 Å². The van der Waals surface area contributed by atoms with Gasteiger partial charge in [0.25, 0.3) is 11.8 Å². The molecule has 0 spiro atoms. The molecular weight excluding hydrogens is 271 g/mol. The Hall–Kier alpha value is -2.69. The van der Waals surface area contributed by atoms with Crippen molar-refractivity contribution in [3.05, 3.63) is 64.5 Å². The van der Waals surface area contributed by atoms with Crippen LogP contribution in [0.5, 0.6) is 0 Å². The second-order valence-corrected chi connectivity index (χ2v) is 5.04. The lowest BCUT2D eigenvalue weighted by Gasteiger charge is -2.15. The Morgan fingerprint density at radius 3 is 2.57 bits per heavy atom. The second-order valence-electron chi connectivity index (χ2n) is 5.04. The van der Waals surface area contributed by atoms with Gasteiger partial charge >= 0.3 is 0 Å². The lowest BCUT2D eigenvalue weighted by molar-refractivity contribution is 0.0642. The van der Waals surface area contributed by atoms with Crippen molar-refractivity contribution in [1.82, 2.24) is 4.90 Å². The van der Waals surface area contributed by atoms with Crippen molar-refractivity contribution in [3.63, 3.8) is 0 Å². The molecule has 0 radical (unpaired) electrons. The van der Waals surface area contributed by atoms with E-state index in [9.17, 15) is 14.0 Å². The summed E-state index contributed by atoms with van der Waals surface area (Å²) < 4.78 is 13.1. The minimum absolute atomic E-state index is 0.109. The fourth-order valence-electron chi connectivity index (χ4n) is 2.51. The molecule has 1 heterocycles. The van der Waals surface area contributed by atoms with E-state index in [0.29, 0.717) is 16.8 Å². The standard InChI is InChI=1S/C16H13FN2O2/c1-9-7-11(17)6-5-10(9)8-19-15(20)12-3-2-4-13(18)14(12)16(19)21/h2-7H,8,18H2,1H3. The van der Waals surface area contributed by atoms with Gasteiger partial charge in [-0.1, -0.05) is 12.1 Å². The van der Waals surface area contributed by atoms with Gasteiger partial charge in [-0.3, -0.25) is 14.5 Å². The number of hydrogen-bond donors (Lipinski definition) is 1. The molecule has 0 fully saturated rings. The van der Waals surface area contributed by atoms with Crippen molar-refractivity contribution in [3.8, 4) is 0 Å². The fraction of sp³-hybridized carbons (Fsp3) is 0.125. The molecule has 1 aliphatic heterocycles. The summed E-state index contributed by atoms with van der Waals surface area (Å²) in [5, 5.41) is 0. The Balaban J connectivity index is 1.97. The number of nitrogens with two attached hydrogens (primary N) is 1. The normalized spacial score (nSPS) is 13.7. The smallest absolute Gasteiger partial charge is 0.263 e. The van der Waals surface area contributed by atoms with Crippen molar-refractivity contribution >= 4 is 17.5 Å². The molecule has 1 aliphatic rings. The number of imide groups is 1. The van der Waals surface area contributed by atoms with Gasteiger partial charge in [-0.25, -0.2) is 4.39 Å². The van der Waals surface area contributed by atoms with Gasteiger partial charge in [-0.05, 0) is 42.3 Å². The van der Waals surface area contributed by atoms with Crippen LogP contribution in [0, 0.1) is 12.7 Å². The third-order valence-corrected chi connectivity index (χ3v) is 3.66. The zero-order valence-electron chi connectivity index (χ0n) is 11.4. The molecule has 2 N–H and O–H groups in total. The molecule has 2 aromatic carbocycles. The van der Waals surface area contributed by atoms with Gasteiger partial charge in [0, 0.05) is 5.69 Å². The van der Waals surface area contributed by atoms with Gasteiger partial charge in [0.05, 0.1) is 17.7 Å². The van der Waals surface area contributed by atoms with Crippen molar-refractivity contribution in [2.24, 2.45) is 0 Å². The Morgan fingerprint density at radius 2 is 1.90 bits per heavy atom. The SMILES string of the molecule is Cc1cc(F)ccc1CN1C(=O)c2cccc(N)c2C1=O. The highest BCUT2D eigenvalue weighted by Crippen LogP contribution is 2.29. The first kappa shape index (κ1) is 13.3. The molecule has 0 bridgehead atoms. The molecule has 0 atom stereocenters. The zero-order valence-corrected chi connectivity index (χ0v) is 11.4. The van der Waals surface area contributed by atoms with Gasteiger partial charge in [0.1, 0.15) is 5.82 Å². The molecule has 4 nitrogen and oxygen atoms in total. The molecule has 3 rings (SSSR count). The third kappa shape index (κ3) is 2.07. The fourth-order valence-corrected chi connectivity index (χ4v) is 2.51. The average molecular weight is 284 g/mol. The topological polar surface area (TPSA) is 63.4 Å². The van der Waals surface area contributed by atoms with E-state index < -0.39 is 5.91 Å². The van der Waals surface area contributed by atoms with Crippen molar-refractivity contribution < 1.29 is 14.0 Å². The number of carbonyl (C=O) groups excluding carboxylic acids is 2. The van der Waals surface area contributed by atoms with Gasteiger partial charge in [0.2, 0.25) is 0 Å². The second kappa shape index (κ2) is 4.70. The first-order valence-electron chi connectivity index (χ1n) is 6.48. The predicted octanol–water partition coefficient (Wildman–Crippen LogP) is 2.51. The zero-order chi connectivity index (χ0) is 15.1. The van der Waals surface area contributed by atoms with Crippen molar-refractivity contribution in [2.45, 2.75) is 13.5 Å². The quantitative estimate of drug-likeness (QED) is 0.680. The van der Waals surface area contributed by atoms with Gasteiger partial charge < -0.3 is 5.73 Å². The minimum Gasteiger partial charge on any atom is -0.398 e. The van der Waals surface area contributed by atoms with Gasteiger partial charge in [0.15, 0.2) is 0 Å². The monoisotopic (exact) mass is 284 g/mol. The Kier molecular flexibility index (Phi) is 2.97. The van der Waals surface area contributed by atoms with E-state index in [4.69, 9.17) is 5.73 Å². The van der Waals surface area contributed by atoms with Crippen LogP contribution in [0.3, 0.4) is 0 Å². The first-order chi connectivity index (χ1) is 9.99. The Bertz CT molecular complexity index is 771. The summed E-state index contributed by atoms with van der Waals surface area (Å²) in [6, 6.07) is 9.10. The first-order valence-corrected chi connectivity index (χ1v) is 6.48. The summed E-state index contributed by atoms with van der Waals surface area (Å²) in [4.78, 5) is 25.8. The number of anilines is 1. The van der Waals surface area contributed by atoms with Crippen LogP contribution in [-0.2, 0) is 6.54 Å². The number of aryl methyl sites for hydroxylation is 1. The van der Waals surface area contributed by atoms with E-state index in [1.165, 1.54) is 12.1 Å². The summed E-state index contributed by atoms with van der Waals surface area (Å²) in [5.74, 6) is -1.12. The molecule has 21 heavy (non-hydrogen) atoms. The molecule has 2 aromatic rings. The predicted molar refractivity (Wildman–Crippen MR) is 76.2 cm³/mol. The number of fused-ring (bicyclic) bond motifs is 1. The number of rotatable bonds is 2. The van der Waals surface area contributed by atoms with Crippen LogP contribution in [-0.4, -0.2) is 16.7 Å². The van der Waals surface area contributed by atoms with Crippen LogP contribution in [0.25, 0.3) is 0 Å². The van der Waals surface area contributed by atoms with E-state index >= 15 is 0 Å². The van der Waals surface area contributed by atoms with Crippen LogP contribution in [0.2, 0.25) is 0 Å². The largest absolute Gasteiger partial charge is 0.398 e. The number of benzene rings is 2. The molecule has 0 saturated carbocycles. The minimum atomic E-state index is -0.406. The number of hydrogen-bond acceptors (Lipinski definition) is 3. The van der Waals surface area contributed by atoms with Crippen LogP contribution in [0.4, 0.5) is 10.1 Å². The number of nitrogen functional groups attached to an aromatic ring is 1. The molecule has 0 aliphatic carbocycles. The molecule has 5 heteroatoms. The van der Waals surface area contributed by atoms with Crippen LogP contribution in [0.1, 0.15) is 31.8 Å². The Morgan fingerprint density at radius 1 is 1.14 bits per heavy atom. The number of halogens is 1. The van der Waals surface area contributed by atoms with E-state index in [1.54, 1.807) is 31.2 Å². The highest BCUT2D eigenvalue weighted by molar-refractivity contribution is 6.23. The third-order valence-electron chi connectivity index (χ3n) is 3.66. The van der Waals surface area contributed by atoms with Crippen LogP contribution < -0.4 is 5.73 Å². The van der Waals surface area contributed by atoms with Gasteiger partial charge in [-0.15, -0.1) is 0 Å². The maximum Gasteiger partial charge on any atom is 0.263 e. The summed E-state index contributed by atoms with van der Waals surface area (Å²) in [7, 11) is 0. The molecule has 0 unspecified atom stereocenters. The molecular formula is C16H13FN2O2. The van der Waals surface area contributed by atoms with Crippen LogP contribution >= 0.6 is 0 Å². The lowest BCUT2D eigenvalue weighted by atomic mass is 10.1. The number of amides is 2. The summed E-state index contributed by atoms with van der Waals surface area (Å²) in [6.07, 6.45) is 0. The van der Waals surface area contributed by atoms with E-state index in [1.807, 2.05) is 0 Å². The molecule has 106 valence electrons. The van der Waals surface area contributed by atoms with Crippen LogP contribution in [0.15, 0.2) is 36.4 Å². The summed E-state index contributed by atoms with van der Waals surface area (Å²) in [6.45, 7) is 1.85. The van der Waals surface area contributed by atoms with E-state index in [-0.39, 0.29) is 23.8 Å². The highest BCUT2D eigenvalue weighted by atomic mass is 19.1. The van der Waals surface area contributed by atoms with Gasteiger partial charge in [-0.2, -0.15) is 0 Å². The maximum absolute atomic E-state index is 13.1. The lowest BCUT2D eigenvalue weighted by Crippen LogP contribution is -2.29. The van der Waals surface area contributed by atoms with E-state index in [0.717, 1.165) is 10.5 Å². The van der Waals surface area contributed by atoms with E-state index in [2.05, 4.69) is 0 Å². The maximum atomic E-state index is 13.1. The summed E-state index contributed by atoms with van der Waals surface area (Å²) >= 11 is 0. The summed E-state index contributed by atoms with van der Waals surface area (Å²) in [5.41, 5.74) is 8.07. The molecule has 0 saturated heterocycles. The number of nitrogens with zero attached hydrogens (tertiary/aromatic N) is 1.